The number of hydrogen-bond acceptors (Lipinski definition) is 4. The number of imidazole rings is 1. The first-order valence-corrected chi connectivity index (χ1v) is 6.49. The number of thiazole rings is 1. The number of benzene rings is 1. The van der Waals surface area contributed by atoms with Gasteiger partial charge in [-0.15, -0.1) is 11.3 Å². The Kier molecular flexibility index (Phi) is 2.79. The maximum absolute atomic E-state index is 8.56. The zero-order valence-electron chi connectivity index (χ0n) is 9.55. The highest BCUT2D eigenvalue weighted by atomic mass is 32.1. The van der Waals surface area contributed by atoms with E-state index in [1.54, 1.807) is 17.7 Å². The van der Waals surface area contributed by atoms with Gasteiger partial charge in [-0.1, -0.05) is 6.07 Å². The fourth-order valence-corrected chi connectivity index (χ4v) is 2.62. The van der Waals surface area contributed by atoms with E-state index >= 15 is 0 Å². The highest BCUT2D eigenvalue weighted by Crippen LogP contribution is 2.24. The van der Waals surface area contributed by atoms with Crippen molar-refractivity contribution in [3.05, 3.63) is 34.9 Å². The number of nitrogens with zero attached hydrogens (tertiary/aromatic N) is 3. The molecule has 0 saturated heterocycles. The SMILES string of the molecule is N#CCCc1nc(-c2ccc3nc[nH]c3c2)cs1. The van der Waals surface area contributed by atoms with Crippen LogP contribution in [0, 0.1) is 11.3 Å². The Balaban J connectivity index is 1.93. The monoisotopic (exact) mass is 254 g/mol. The summed E-state index contributed by atoms with van der Waals surface area (Å²) in [4.78, 5) is 11.8. The van der Waals surface area contributed by atoms with Crippen molar-refractivity contribution in [3.63, 3.8) is 0 Å². The third-order valence-corrected chi connectivity index (χ3v) is 3.63. The van der Waals surface area contributed by atoms with Crippen LogP contribution in [0.1, 0.15) is 11.4 Å². The van der Waals surface area contributed by atoms with Crippen molar-refractivity contribution >= 4 is 22.4 Å². The molecule has 2 heterocycles. The molecule has 3 rings (SSSR count). The van der Waals surface area contributed by atoms with Gasteiger partial charge >= 0.3 is 0 Å². The zero-order valence-corrected chi connectivity index (χ0v) is 10.4. The maximum atomic E-state index is 8.56. The van der Waals surface area contributed by atoms with Crippen LogP contribution in [0.25, 0.3) is 22.3 Å². The first-order valence-electron chi connectivity index (χ1n) is 5.61. The van der Waals surface area contributed by atoms with E-state index in [0.717, 1.165) is 33.7 Å². The summed E-state index contributed by atoms with van der Waals surface area (Å²) in [5, 5.41) is 11.6. The molecule has 5 heteroatoms. The van der Waals surface area contributed by atoms with E-state index in [4.69, 9.17) is 5.26 Å². The number of hydrogen-bond donors (Lipinski definition) is 1. The molecule has 1 N–H and O–H groups in total. The maximum Gasteiger partial charge on any atom is 0.0942 e. The quantitative estimate of drug-likeness (QED) is 0.780. The minimum atomic E-state index is 0.520. The molecule has 0 aliphatic rings. The lowest BCUT2D eigenvalue weighted by atomic mass is 10.1. The third-order valence-electron chi connectivity index (χ3n) is 2.72. The van der Waals surface area contributed by atoms with Gasteiger partial charge in [-0.3, -0.25) is 0 Å². The molecule has 0 radical (unpaired) electrons. The predicted octanol–water partition coefficient (Wildman–Crippen LogP) is 3.14. The number of H-pyrrole nitrogens is 1. The fraction of sp³-hybridized carbons (Fsp3) is 0.154. The van der Waals surface area contributed by atoms with Crippen molar-refractivity contribution in [1.82, 2.24) is 15.0 Å². The highest BCUT2D eigenvalue weighted by Gasteiger charge is 2.06. The largest absolute Gasteiger partial charge is 0.345 e. The molecular weight excluding hydrogens is 244 g/mol. The van der Waals surface area contributed by atoms with Crippen molar-refractivity contribution in [3.8, 4) is 17.3 Å². The Morgan fingerprint density at radius 1 is 1.39 bits per heavy atom. The van der Waals surface area contributed by atoms with E-state index in [0.29, 0.717) is 6.42 Å². The van der Waals surface area contributed by atoms with Crippen LogP contribution in [0.4, 0.5) is 0 Å². The van der Waals surface area contributed by atoms with Gasteiger partial charge in [0.2, 0.25) is 0 Å². The number of aromatic nitrogens is 3. The van der Waals surface area contributed by atoms with Crippen molar-refractivity contribution < 1.29 is 0 Å². The summed E-state index contributed by atoms with van der Waals surface area (Å²) >= 11 is 1.60. The number of rotatable bonds is 3. The summed E-state index contributed by atoms with van der Waals surface area (Å²) in [5.41, 5.74) is 4.01. The molecule has 0 atom stereocenters. The van der Waals surface area contributed by atoms with Gasteiger partial charge in [-0.2, -0.15) is 5.26 Å². The number of nitrogens with one attached hydrogen (secondary N) is 1. The second kappa shape index (κ2) is 4.59. The van der Waals surface area contributed by atoms with Crippen LogP contribution < -0.4 is 0 Å². The van der Waals surface area contributed by atoms with Crippen molar-refractivity contribution in [1.29, 1.82) is 5.26 Å². The molecule has 88 valence electrons. The normalized spacial score (nSPS) is 10.6. The van der Waals surface area contributed by atoms with E-state index in [1.165, 1.54) is 0 Å². The molecule has 0 bridgehead atoms. The molecular formula is C13H10N4S. The van der Waals surface area contributed by atoms with E-state index in [-0.39, 0.29) is 0 Å². The Morgan fingerprint density at radius 2 is 2.33 bits per heavy atom. The summed E-state index contributed by atoms with van der Waals surface area (Å²) in [6.07, 6.45) is 2.94. The smallest absolute Gasteiger partial charge is 0.0942 e. The standard InChI is InChI=1S/C13H10N4S/c14-5-1-2-13-17-12(7-18-13)9-3-4-10-11(6-9)16-8-15-10/h3-4,6-8H,1-2H2,(H,15,16). The summed E-state index contributed by atoms with van der Waals surface area (Å²) in [7, 11) is 0. The van der Waals surface area contributed by atoms with Gasteiger partial charge < -0.3 is 4.98 Å². The third kappa shape index (κ3) is 1.98. The second-order valence-electron chi connectivity index (χ2n) is 3.92. The lowest BCUT2D eigenvalue weighted by molar-refractivity contribution is 0.991. The summed E-state index contributed by atoms with van der Waals surface area (Å²) in [6, 6.07) is 8.19. The molecule has 0 fully saturated rings. The van der Waals surface area contributed by atoms with Crippen LogP contribution in [-0.2, 0) is 6.42 Å². The van der Waals surface area contributed by atoms with E-state index in [2.05, 4.69) is 21.0 Å². The molecule has 0 unspecified atom stereocenters. The van der Waals surface area contributed by atoms with Crippen molar-refractivity contribution in [2.75, 3.05) is 0 Å². The Labute approximate surface area is 108 Å². The van der Waals surface area contributed by atoms with Gasteiger partial charge in [0.1, 0.15) is 0 Å². The second-order valence-corrected chi connectivity index (χ2v) is 4.86. The summed E-state index contributed by atoms with van der Waals surface area (Å²) < 4.78 is 0. The molecule has 4 nitrogen and oxygen atoms in total. The van der Waals surface area contributed by atoms with E-state index < -0.39 is 0 Å². The number of aromatic amines is 1. The predicted molar refractivity (Wildman–Crippen MR) is 71.1 cm³/mol. The zero-order chi connectivity index (χ0) is 12.4. The summed E-state index contributed by atoms with van der Waals surface area (Å²) in [6.45, 7) is 0. The van der Waals surface area contributed by atoms with Crippen LogP contribution in [0.2, 0.25) is 0 Å². The van der Waals surface area contributed by atoms with Crippen LogP contribution in [-0.4, -0.2) is 15.0 Å². The first-order chi connectivity index (χ1) is 8.86. The van der Waals surface area contributed by atoms with Gasteiger partial charge in [-0.05, 0) is 12.1 Å². The van der Waals surface area contributed by atoms with Gasteiger partial charge in [0, 0.05) is 23.8 Å². The van der Waals surface area contributed by atoms with Crippen LogP contribution >= 0.6 is 11.3 Å². The number of nitriles is 1. The Morgan fingerprint density at radius 3 is 3.22 bits per heavy atom. The van der Waals surface area contributed by atoms with Gasteiger partial charge in [-0.25, -0.2) is 9.97 Å². The fourth-order valence-electron chi connectivity index (χ4n) is 1.82. The van der Waals surface area contributed by atoms with Crippen LogP contribution in [0.3, 0.4) is 0 Å². The van der Waals surface area contributed by atoms with Gasteiger partial charge in [0.25, 0.3) is 0 Å². The highest BCUT2D eigenvalue weighted by molar-refractivity contribution is 7.09. The first kappa shape index (κ1) is 10.9. The lowest BCUT2D eigenvalue weighted by Gasteiger charge is -1.96. The lowest BCUT2D eigenvalue weighted by Crippen LogP contribution is -1.83. The minimum Gasteiger partial charge on any atom is -0.345 e. The molecule has 1 aromatic carbocycles. The molecule has 3 aromatic rings. The average molecular weight is 254 g/mol. The number of aryl methyl sites for hydroxylation is 1. The average Bonchev–Trinajstić information content (AvgIpc) is 3.04. The molecule has 18 heavy (non-hydrogen) atoms. The minimum absolute atomic E-state index is 0.520. The van der Waals surface area contributed by atoms with Crippen LogP contribution in [0.15, 0.2) is 29.9 Å². The molecule has 0 aliphatic heterocycles. The van der Waals surface area contributed by atoms with Crippen LogP contribution in [0.5, 0.6) is 0 Å². The Bertz CT molecular complexity index is 720. The molecule has 0 amide bonds. The molecule has 2 aromatic heterocycles. The van der Waals surface area contributed by atoms with Gasteiger partial charge in [0.05, 0.1) is 34.1 Å². The van der Waals surface area contributed by atoms with E-state index in [9.17, 15) is 0 Å². The van der Waals surface area contributed by atoms with Gasteiger partial charge in [0.15, 0.2) is 0 Å². The summed E-state index contributed by atoms with van der Waals surface area (Å²) in [5.74, 6) is 0. The van der Waals surface area contributed by atoms with E-state index in [1.807, 2.05) is 23.6 Å². The topological polar surface area (TPSA) is 65.4 Å². The van der Waals surface area contributed by atoms with Crippen molar-refractivity contribution in [2.45, 2.75) is 12.8 Å². The molecule has 0 aliphatic carbocycles. The Hall–Kier alpha value is -2.19. The molecule has 0 spiro atoms. The molecule has 0 saturated carbocycles. The van der Waals surface area contributed by atoms with Crippen molar-refractivity contribution in [2.24, 2.45) is 0 Å². The number of fused-ring (bicyclic) bond motifs is 1.